The average Bonchev–Trinajstić information content (AvgIpc) is 2.39. The molecule has 0 bridgehead atoms. The fraction of sp³-hybridized carbons (Fsp3) is 0.938. The summed E-state index contributed by atoms with van der Waals surface area (Å²) in [6.07, 6.45) is 9.19. The number of hydrogen-bond donors (Lipinski definition) is 2. The molecule has 2 fully saturated rings. The highest BCUT2D eigenvalue weighted by molar-refractivity contribution is 5.70. The van der Waals surface area contributed by atoms with Gasteiger partial charge in [0, 0.05) is 12.1 Å². The van der Waals surface area contributed by atoms with Crippen molar-refractivity contribution in [3.05, 3.63) is 0 Å². The van der Waals surface area contributed by atoms with E-state index in [4.69, 9.17) is 5.11 Å². The van der Waals surface area contributed by atoms with Crippen LogP contribution in [0.5, 0.6) is 0 Å². The van der Waals surface area contributed by atoms with E-state index in [-0.39, 0.29) is 5.92 Å². The zero-order chi connectivity index (χ0) is 13.8. The van der Waals surface area contributed by atoms with Crippen LogP contribution in [0.4, 0.5) is 0 Å². The number of carbonyl (C=O) groups is 1. The fourth-order valence-corrected chi connectivity index (χ4v) is 3.97. The standard InChI is InChI=1S/C16H29NO2/c1-11(2)14-5-3-4-6-15(14)17-13-9-7-12(8-10-13)16(18)19/h11-15,17H,3-10H2,1-2H3,(H,18,19). The zero-order valence-electron chi connectivity index (χ0n) is 12.4. The Kier molecular flexibility index (Phi) is 5.26. The number of carboxylic acid groups (broad SMARTS) is 1. The molecule has 0 aromatic rings. The largest absolute Gasteiger partial charge is 0.481 e. The highest BCUT2D eigenvalue weighted by atomic mass is 16.4. The molecule has 2 unspecified atom stereocenters. The van der Waals surface area contributed by atoms with Crippen LogP contribution in [-0.4, -0.2) is 23.2 Å². The van der Waals surface area contributed by atoms with E-state index >= 15 is 0 Å². The van der Waals surface area contributed by atoms with Gasteiger partial charge in [0.15, 0.2) is 0 Å². The van der Waals surface area contributed by atoms with Gasteiger partial charge in [-0.15, -0.1) is 0 Å². The first-order chi connectivity index (χ1) is 9.08. The summed E-state index contributed by atoms with van der Waals surface area (Å²) in [7, 11) is 0. The number of carboxylic acids is 1. The van der Waals surface area contributed by atoms with E-state index in [0.717, 1.165) is 37.5 Å². The smallest absolute Gasteiger partial charge is 0.306 e. The van der Waals surface area contributed by atoms with Crippen molar-refractivity contribution < 1.29 is 9.90 Å². The first-order valence-electron chi connectivity index (χ1n) is 8.06. The van der Waals surface area contributed by atoms with Gasteiger partial charge in [0.2, 0.25) is 0 Å². The van der Waals surface area contributed by atoms with E-state index in [2.05, 4.69) is 19.2 Å². The molecule has 0 aliphatic heterocycles. The van der Waals surface area contributed by atoms with Gasteiger partial charge in [-0.1, -0.05) is 26.7 Å². The van der Waals surface area contributed by atoms with E-state index in [1.807, 2.05) is 0 Å². The molecule has 0 spiro atoms. The minimum absolute atomic E-state index is 0.0923. The topological polar surface area (TPSA) is 49.3 Å². The molecule has 2 aliphatic rings. The Morgan fingerprint density at radius 1 is 1.05 bits per heavy atom. The van der Waals surface area contributed by atoms with Gasteiger partial charge in [0.05, 0.1) is 5.92 Å². The van der Waals surface area contributed by atoms with Crippen molar-refractivity contribution in [3.8, 4) is 0 Å². The van der Waals surface area contributed by atoms with E-state index in [0.29, 0.717) is 12.1 Å². The lowest BCUT2D eigenvalue weighted by atomic mass is 9.76. The summed E-state index contributed by atoms with van der Waals surface area (Å²) < 4.78 is 0. The third-order valence-corrected chi connectivity index (χ3v) is 5.20. The molecule has 0 heterocycles. The molecule has 2 N–H and O–H groups in total. The van der Waals surface area contributed by atoms with E-state index in [9.17, 15) is 4.79 Å². The molecular weight excluding hydrogens is 238 g/mol. The van der Waals surface area contributed by atoms with Gasteiger partial charge in [-0.2, -0.15) is 0 Å². The Morgan fingerprint density at radius 3 is 2.26 bits per heavy atom. The van der Waals surface area contributed by atoms with Crippen molar-refractivity contribution in [1.82, 2.24) is 5.32 Å². The Balaban J connectivity index is 1.82. The Morgan fingerprint density at radius 2 is 1.68 bits per heavy atom. The van der Waals surface area contributed by atoms with Gasteiger partial charge in [-0.05, 0) is 50.4 Å². The average molecular weight is 267 g/mol. The van der Waals surface area contributed by atoms with Crippen molar-refractivity contribution in [1.29, 1.82) is 0 Å². The van der Waals surface area contributed by atoms with Crippen LogP contribution in [0.2, 0.25) is 0 Å². The summed E-state index contributed by atoms with van der Waals surface area (Å²) in [5.74, 6) is 0.876. The maximum Gasteiger partial charge on any atom is 0.306 e. The molecule has 0 amide bonds. The molecule has 2 atom stereocenters. The third kappa shape index (κ3) is 3.95. The minimum Gasteiger partial charge on any atom is -0.481 e. The zero-order valence-corrected chi connectivity index (χ0v) is 12.4. The van der Waals surface area contributed by atoms with Crippen LogP contribution in [0.1, 0.15) is 65.2 Å². The predicted octanol–water partition coefficient (Wildman–Crippen LogP) is 3.43. The third-order valence-electron chi connectivity index (χ3n) is 5.20. The second-order valence-corrected chi connectivity index (χ2v) is 6.85. The lowest BCUT2D eigenvalue weighted by molar-refractivity contribution is -0.142. The second kappa shape index (κ2) is 6.74. The number of hydrogen-bond acceptors (Lipinski definition) is 2. The predicted molar refractivity (Wildman–Crippen MR) is 77.1 cm³/mol. The van der Waals surface area contributed by atoms with Crippen LogP contribution in [0.15, 0.2) is 0 Å². The molecule has 0 radical (unpaired) electrons. The second-order valence-electron chi connectivity index (χ2n) is 6.85. The molecule has 2 aliphatic carbocycles. The van der Waals surface area contributed by atoms with Gasteiger partial charge >= 0.3 is 5.97 Å². The van der Waals surface area contributed by atoms with Gasteiger partial charge in [0.25, 0.3) is 0 Å². The van der Waals surface area contributed by atoms with Crippen molar-refractivity contribution in [3.63, 3.8) is 0 Å². The van der Waals surface area contributed by atoms with Crippen LogP contribution in [0, 0.1) is 17.8 Å². The van der Waals surface area contributed by atoms with Crippen molar-refractivity contribution in [2.75, 3.05) is 0 Å². The van der Waals surface area contributed by atoms with E-state index in [1.165, 1.54) is 25.7 Å². The molecule has 2 saturated carbocycles. The highest BCUT2D eigenvalue weighted by Crippen LogP contribution is 2.32. The molecule has 3 heteroatoms. The summed E-state index contributed by atoms with van der Waals surface area (Å²) in [6, 6.07) is 1.22. The highest BCUT2D eigenvalue weighted by Gasteiger charge is 2.31. The lowest BCUT2D eigenvalue weighted by Gasteiger charge is -2.39. The summed E-state index contributed by atoms with van der Waals surface area (Å²) in [5, 5.41) is 12.9. The van der Waals surface area contributed by atoms with Crippen molar-refractivity contribution >= 4 is 5.97 Å². The van der Waals surface area contributed by atoms with E-state index in [1.54, 1.807) is 0 Å². The van der Waals surface area contributed by atoms with Gasteiger partial charge in [-0.3, -0.25) is 4.79 Å². The monoisotopic (exact) mass is 267 g/mol. The maximum absolute atomic E-state index is 11.0. The van der Waals surface area contributed by atoms with Crippen LogP contribution in [0.3, 0.4) is 0 Å². The Labute approximate surface area is 117 Å². The van der Waals surface area contributed by atoms with Crippen LogP contribution < -0.4 is 5.32 Å². The number of aliphatic carboxylic acids is 1. The molecule has 0 aromatic carbocycles. The fourth-order valence-electron chi connectivity index (χ4n) is 3.97. The SMILES string of the molecule is CC(C)C1CCCCC1NC1CCC(C(=O)O)CC1. The van der Waals surface area contributed by atoms with Crippen LogP contribution >= 0.6 is 0 Å². The minimum atomic E-state index is -0.601. The van der Waals surface area contributed by atoms with Crippen LogP contribution in [-0.2, 0) is 4.79 Å². The summed E-state index contributed by atoms with van der Waals surface area (Å²) in [4.78, 5) is 11.0. The maximum atomic E-state index is 11.0. The Hall–Kier alpha value is -0.570. The molecule has 0 aromatic heterocycles. The molecule has 3 nitrogen and oxygen atoms in total. The van der Waals surface area contributed by atoms with Gasteiger partial charge in [-0.25, -0.2) is 0 Å². The summed E-state index contributed by atoms with van der Waals surface area (Å²) in [5.41, 5.74) is 0. The number of nitrogens with one attached hydrogen (secondary N) is 1. The van der Waals surface area contributed by atoms with Crippen LogP contribution in [0.25, 0.3) is 0 Å². The lowest BCUT2D eigenvalue weighted by Crippen LogP contribution is -2.47. The van der Waals surface area contributed by atoms with Crippen molar-refractivity contribution in [2.24, 2.45) is 17.8 Å². The Bertz CT molecular complexity index is 295. The van der Waals surface area contributed by atoms with Crippen molar-refractivity contribution in [2.45, 2.75) is 77.3 Å². The quantitative estimate of drug-likeness (QED) is 0.820. The molecule has 2 rings (SSSR count). The molecular formula is C16H29NO2. The first kappa shape index (κ1) is 14.8. The van der Waals surface area contributed by atoms with Gasteiger partial charge < -0.3 is 10.4 Å². The number of rotatable bonds is 4. The van der Waals surface area contributed by atoms with Gasteiger partial charge in [0.1, 0.15) is 0 Å². The molecule has 0 saturated heterocycles. The summed E-state index contributed by atoms with van der Waals surface area (Å²) in [6.45, 7) is 4.68. The summed E-state index contributed by atoms with van der Waals surface area (Å²) >= 11 is 0. The molecule has 110 valence electrons. The molecule has 19 heavy (non-hydrogen) atoms. The van der Waals surface area contributed by atoms with E-state index < -0.39 is 5.97 Å². The normalized spacial score (nSPS) is 36.4. The first-order valence-corrected chi connectivity index (χ1v) is 8.06.